The van der Waals surface area contributed by atoms with Crippen molar-refractivity contribution in [3.05, 3.63) is 83.0 Å². The Hall–Kier alpha value is -4.37. The molecule has 4 aromatic rings. The van der Waals surface area contributed by atoms with E-state index in [1.54, 1.807) is 31.5 Å². The van der Waals surface area contributed by atoms with Gasteiger partial charge in [0.2, 0.25) is 17.8 Å². The highest BCUT2D eigenvalue weighted by atomic mass is 35.5. The molecule has 47 heavy (non-hydrogen) atoms. The Morgan fingerprint density at radius 3 is 2.34 bits per heavy atom. The number of hydrogen-bond donors (Lipinski definition) is 1. The third kappa shape index (κ3) is 5.86. The van der Waals surface area contributed by atoms with Crippen LogP contribution < -0.4 is 10.6 Å². The van der Waals surface area contributed by atoms with Crippen molar-refractivity contribution in [1.29, 1.82) is 0 Å². The SMILES string of the molecule is CN(CC(N)=O)C(=O)[C@@H]1CCCN1S(=O)(=O)c1cnc2n1[C@](C)(Cc1ccc(-c3cncnc3)cc1)C(=O)N2c1cc(Cl)cc(Cl)c1. The summed E-state index contributed by atoms with van der Waals surface area (Å²) in [5.41, 5.74) is 6.53. The summed E-state index contributed by atoms with van der Waals surface area (Å²) in [6, 6.07) is 11.0. The summed E-state index contributed by atoms with van der Waals surface area (Å²) in [4.78, 5) is 54.2. The van der Waals surface area contributed by atoms with Gasteiger partial charge < -0.3 is 10.6 Å². The molecule has 2 aliphatic rings. The van der Waals surface area contributed by atoms with E-state index in [0.29, 0.717) is 12.1 Å². The molecule has 0 bridgehead atoms. The minimum absolute atomic E-state index is 0.0559. The molecule has 1 saturated heterocycles. The number of primary amides is 1. The molecule has 13 nitrogen and oxygen atoms in total. The van der Waals surface area contributed by atoms with Gasteiger partial charge in [-0.3, -0.25) is 19.0 Å². The van der Waals surface area contributed by atoms with E-state index in [2.05, 4.69) is 15.0 Å². The number of nitrogens with zero attached hydrogens (tertiary/aromatic N) is 7. The van der Waals surface area contributed by atoms with Crippen LogP contribution in [0, 0.1) is 0 Å². The number of carbonyl (C=O) groups is 3. The summed E-state index contributed by atoms with van der Waals surface area (Å²) >= 11 is 12.6. The molecule has 2 aliphatic heterocycles. The van der Waals surface area contributed by atoms with Crippen LogP contribution >= 0.6 is 23.2 Å². The van der Waals surface area contributed by atoms with Crippen LogP contribution in [-0.2, 0) is 36.4 Å². The first-order valence-corrected chi connectivity index (χ1v) is 16.8. The first-order valence-electron chi connectivity index (χ1n) is 14.6. The molecule has 2 N–H and O–H groups in total. The van der Waals surface area contributed by atoms with Gasteiger partial charge in [0.05, 0.1) is 18.4 Å². The molecule has 16 heteroatoms. The van der Waals surface area contributed by atoms with Gasteiger partial charge in [0.15, 0.2) is 5.03 Å². The van der Waals surface area contributed by atoms with E-state index in [4.69, 9.17) is 28.9 Å². The number of likely N-dealkylation sites (N-methyl/N-ethyl adjacent to an activating group) is 1. The smallest absolute Gasteiger partial charge is 0.261 e. The average molecular weight is 698 g/mol. The Labute approximate surface area is 281 Å². The van der Waals surface area contributed by atoms with Crippen LogP contribution in [0.3, 0.4) is 0 Å². The molecule has 0 radical (unpaired) electrons. The standard InChI is InChI=1S/C31H30Cl2N8O5S/c1-31(13-19-5-7-20(8-6-19)21-14-35-18-36-15-21)29(44)40(24-11-22(32)10-23(33)12-24)30-37-16-27(41(30)31)47(45,46)39-9-3-4-25(39)28(43)38(2)17-26(34)42/h5-8,10-12,14-16,18,25H,3-4,9,13,17H2,1-2H3,(H2,34,42)/t25-,31+/m0/s1. The predicted molar refractivity (Wildman–Crippen MR) is 174 cm³/mol. The van der Waals surface area contributed by atoms with Crippen LogP contribution in [0.1, 0.15) is 25.3 Å². The zero-order chi connectivity index (χ0) is 33.7. The van der Waals surface area contributed by atoms with E-state index in [9.17, 15) is 22.8 Å². The lowest BCUT2D eigenvalue weighted by Crippen LogP contribution is -2.49. The molecular formula is C31H30Cl2N8O5S. The number of hydrogen-bond acceptors (Lipinski definition) is 8. The zero-order valence-corrected chi connectivity index (χ0v) is 27.7. The largest absolute Gasteiger partial charge is 0.368 e. The number of rotatable bonds is 9. The van der Waals surface area contributed by atoms with Crippen molar-refractivity contribution < 1.29 is 22.8 Å². The molecule has 1 fully saturated rings. The molecule has 3 amide bonds. The number of sulfonamides is 1. The maximum absolute atomic E-state index is 14.5. The minimum atomic E-state index is -4.40. The second-order valence-corrected chi connectivity index (χ2v) is 14.4. The van der Waals surface area contributed by atoms with Gasteiger partial charge >= 0.3 is 0 Å². The van der Waals surface area contributed by atoms with Crippen molar-refractivity contribution in [2.24, 2.45) is 5.73 Å². The third-order valence-corrected chi connectivity index (χ3v) is 10.7. The topological polar surface area (TPSA) is 165 Å². The van der Waals surface area contributed by atoms with Gasteiger partial charge in [-0.2, -0.15) is 4.31 Å². The maximum Gasteiger partial charge on any atom is 0.261 e. The number of imidazole rings is 1. The van der Waals surface area contributed by atoms with E-state index in [-0.39, 0.29) is 47.0 Å². The molecule has 2 aromatic carbocycles. The van der Waals surface area contributed by atoms with Gasteiger partial charge in [-0.15, -0.1) is 0 Å². The Morgan fingerprint density at radius 1 is 1.04 bits per heavy atom. The Kier molecular flexibility index (Phi) is 8.55. The Morgan fingerprint density at radius 2 is 1.70 bits per heavy atom. The third-order valence-electron chi connectivity index (χ3n) is 8.40. The lowest BCUT2D eigenvalue weighted by atomic mass is 9.91. The fraction of sp³-hybridized carbons (Fsp3) is 0.290. The van der Waals surface area contributed by atoms with Gasteiger partial charge in [-0.25, -0.2) is 28.3 Å². The van der Waals surface area contributed by atoms with Crippen molar-refractivity contribution in [2.45, 2.75) is 42.8 Å². The highest BCUT2D eigenvalue weighted by Crippen LogP contribution is 2.45. The number of nitrogens with two attached hydrogens (primary N) is 1. The highest BCUT2D eigenvalue weighted by molar-refractivity contribution is 7.89. The molecule has 2 aromatic heterocycles. The number of amides is 3. The zero-order valence-electron chi connectivity index (χ0n) is 25.4. The van der Waals surface area contributed by atoms with E-state index in [1.807, 2.05) is 24.3 Å². The number of anilines is 2. The Bertz CT molecular complexity index is 1970. The second-order valence-electron chi connectivity index (χ2n) is 11.7. The number of fused-ring (bicyclic) bond motifs is 1. The lowest BCUT2D eigenvalue weighted by molar-refractivity contribution is -0.136. The fourth-order valence-corrected chi connectivity index (χ4v) is 8.59. The fourth-order valence-electron chi connectivity index (χ4n) is 6.24. The first-order chi connectivity index (χ1) is 22.3. The van der Waals surface area contributed by atoms with Gasteiger partial charge in [0.25, 0.3) is 15.9 Å². The normalized spacial score (nSPS) is 19.6. The molecule has 0 unspecified atom stereocenters. The van der Waals surface area contributed by atoms with E-state index >= 15 is 0 Å². The summed E-state index contributed by atoms with van der Waals surface area (Å²) in [6.07, 6.45) is 6.78. The maximum atomic E-state index is 14.5. The summed E-state index contributed by atoms with van der Waals surface area (Å²) in [5, 5.41) is 0.298. The van der Waals surface area contributed by atoms with Gasteiger partial charge in [0, 0.05) is 48.0 Å². The number of carbonyl (C=O) groups excluding carboxylic acids is 3. The van der Waals surface area contributed by atoms with Crippen molar-refractivity contribution in [2.75, 3.05) is 25.0 Å². The lowest BCUT2D eigenvalue weighted by Gasteiger charge is -2.30. The quantitative estimate of drug-likeness (QED) is 0.278. The number of aromatic nitrogens is 4. The van der Waals surface area contributed by atoms with Crippen molar-refractivity contribution >= 4 is 62.6 Å². The summed E-state index contributed by atoms with van der Waals surface area (Å²) in [7, 11) is -3.01. The van der Waals surface area contributed by atoms with Crippen LogP contribution in [0.4, 0.5) is 11.6 Å². The predicted octanol–water partition coefficient (Wildman–Crippen LogP) is 3.38. The summed E-state index contributed by atoms with van der Waals surface area (Å²) in [6.45, 7) is 1.36. The number of benzene rings is 2. The molecule has 0 spiro atoms. The molecule has 0 aliphatic carbocycles. The summed E-state index contributed by atoms with van der Waals surface area (Å²) in [5.74, 6) is -1.67. The minimum Gasteiger partial charge on any atom is -0.368 e. The average Bonchev–Trinajstić information content (AvgIpc) is 3.74. The molecule has 0 saturated carbocycles. The highest BCUT2D eigenvalue weighted by Gasteiger charge is 2.53. The van der Waals surface area contributed by atoms with Crippen LogP contribution in [0.5, 0.6) is 0 Å². The molecule has 2 atom stereocenters. The molecule has 4 heterocycles. The number of halogens is 2. The van der Waals surface area contributed by atoms with E-state index in [0.717, 1.165) is 25.9 Å². The van der Waals surface area contributed by atoms with Crippen LogP contribution in [0.15, 0.2) is 72.4 Å². The van der Waals surface area contributed by atoms with Crippen molar-refractivity contribution in [3.8, 4) is 11.1 Å². The van der Waals surface area contributed by atoms with Gasteiger partial charge in [-0.1, -0.05) is 47.5 Å². The van der Waals surface area contributed by atoms with Gasteiger partial charge in [0.1, 0.15) is 17.9 Å². The monoisotopic (exact) mass is 696 g/mol. The van der Waals surface area contributed by atoms with Crippen molar-refractivity contribution in [1.82, 2.24) is 28.7 Å². The van der Waals surface area contributed by atoms with Crippen molar-refractivity contribution in [3.63, 3.8) is 0 Å². The molecular weight excluding hydrogens is 667 g/mol. The molecule has 6 rings (SSSR count). The van der Waals surface area contributed by atoms with Gasteiger partial charge in [-0.05, 0) is 49.1 Å². The Balaban J connectivity index is 1.44. The summed E-state index contributed by atoms with van der Waals surface area (Å²) < 4.78 is 31.4. The van der Waals surface area contributed by atoms with E-state index in [1.165, 1.54) is 35.1 Å². The first kappa shape index (κ1) is 32.6. The second kappa shape index (κ2) is 12.3. The van der Waals surface area contributed by atoms with Crippen LogP contribution in [-0.4, -0.2) is 81.0 Å². The molecule has 244 valence electrons. The van der Waals surface area contributed by atoms with Crippen LogP contribution in [0.2, 0.25) is 10.0 Å². The van der Waals surface area contributed by atoms with E-state index < -0.39 is 39.3 Å². The van der Waals surface area contributed by atoms with Crippen LogP contribution in [0.25, 0.3) is 11.1 Å².